The molecule has 1 amide bonds. The van der Waals surface area contributed by atoms with Crippen LogP contribution in [0.4, 0.5) is 5.69 Å². The van der Waals surface area contributed by atoms with Crippen molar-refractivity contribution in [1.29, 1.82) is 0 Å². The third kappa shape index (κ3) is 6.61. The number of sulfonamides is 1. The standard InChI is InChI=1S/C29H25ClIN3O3S/c1-20-7-17-26(18-8-20)38(36,37)34(19-22-9-13-24(30)14-10-22)28-6-4-3-5-27(28)29(35)33-32-21(2)23-11-15-25(31)16-12-23/h3-18H,19H2,1-2H3,(H,33,35)/b32-21+. The molecule has 0 aliphatic carbocycles. The van der Waals surface area contributed by atoms with Crippen molar-refractivity contribution in [2.75, 3.05) is 4.31 Å². The molecule has 0 aliphatic rings. The van der Waals surface area contributed by atoms with Crippen LogP contribution in [0.25, 0.3) is 0 Å². The molecule has 9 heteroatoms. The molecular formula is C29H25ClIN3O3S. The Kier molecular flexibility index (Phi) is 8.86. The number of anilines is 1. The van der Waals surface area contributed by atoms with Crippen molar-refractivity contribution in [3.63, 3.8) is 0 Å². The van der Waals surface area contributed by atoms with Crippen molar-refractivity contribution in [3.8, 4) is 0 Å². The molecule has 1 N–H and O–H groups in total. The van der Waals surface area contributed by atoms with E-state index in [2.05, 4.69) is 33.1 Å². The Bertz CT molecular complexity index is 1570. The number of hydrazone groups is 1. The van der Waals surface area contributed by atoms with Crippen LogP contribution in [0.2, 0.25) is 5.02 Å². The molecule has 0 aromatic heterocycles. The Labute approximate surface area is 241 Å². The highest BCUT2D eigenvalue weighted by molar-refractivity contribution is 14.1. The van der Waals surface area contributed by atoms with E-state index in [9.17, 15) is 13.2 Å². The van der Waals surface area contributed by atoms with E-state index in [1.54, 1.807) is 79.7 Å². The zero-order chi connectivity index (χ0) is 27.3. The summed E-state index contributed by atoms with van der Waals surface area (Å²) >= 11 is 8.27. The van der Waals surface area contributed by atoms with E-state index < -0.39 is 15.9 Å². The number of nitrogens with one attached hydrogen (secondary N) is 1. The van der Waals surface area contributed by atoms with Gasteiger partial charge in [0.25, 0.3) is 15.9 Å². The van der Waals surface area contributed by atoms with Crippen LogP contribution < -0.4 is 9.73 Å². The highest BCUT2D eigenvalue weighted by atomic mass is 127. The highest BCUT2D eigenvalue weighted by Crippen LogP contribution is 2.30. The van der Waals surface area contributed by atoms with Gasteiger partial charge in [-0.15, -0.1) is 0 Å². The number of hydrogen-bond acceptors (Lipinski definition) is 4. The predicted octanol–water partition coefficient (Wildman–Crippen LogP) is 6.80. The van der Waals surface area contributed by atoms with E-state index in [4.69, 9.17) is 11.6 Å². The number of amides is 1. The lowest BCUT2D eigenvalue weighted by atomic mass is 10.1. The number of benzene rings is 4. The van der Waals surface area contributed by atoms with Crippen molar-refractivity contribution >= 4 is 61.5 Å². The minimum atomic E-state index is -4.03. The van der Waals surface area contributed by atoms with Gasteiger partial charge in [0.2, 0.25) is 0 Å². The number of aryl methyl sites for hydroxylation is 1. The lowest BCUT2D eigenvalue weighted by Gasteiger charge is -2.26. The van der Waals surface area contributed by atoms with Crippen molar-refractivity contribution < 1.29 is 13.2 Å². The van der Waals surface area contributed by atoms with Gasteiger partial charge in [0.1, 0.15) is 0 Å². The summed E-state index contributed by atoms with van der Waals surface area (Å²) in [6.45, 7) is 3.69. The first kappa shape index (κ1) is 27.8. The second-order valence-electron chi connectivity index (χ2n) is 8.61. The van der Waals surface area contributed by atoms with Crippen molar-refractivity contribution in [3.05, 3.63) is 128 Å². The smallest absolute Gasteiger partial charge is 0.267 e. The Morgan fingerprint density at radius 2 is 1.55 bits per heavy atom. The normalized spacial score (nSPS) is 11.7. The van der Waals surface area contributed by atoms with Crippen LogP contribution in [0.15, 0.2) is 107 Å². The molecule has 0 bridgehead atoms. The monoisotopic (exact) mass is 657 g/mol. The number of carbonyl (C=O) groups is 1. The third-order valence-electron chi connectivity index (χ3n) is 5.85. The molecule has 0 spiro atoms. The summed E-state index contributed by atoms with van der Waals surface area (Å²) in [4.78, 5) is 13.4. The summed E-state index contributed by atoms with van der Waals surface area (Å²) in [6.07, 6.45) is 0. The number of nitrogens with zero attached hydrogens (tertiary/aromatic N) is 2. The molecule has 4 rings (SSSR count). The first-order valence-electron chi connectivity index (χ1n) is 11.7. The van der Waals surface area contributed by atoms with Crippen LogP contribution in [-0.2, 0) is 16.6 Å². The van der Waals surface area contributed by atoms with Gasteiger partial charge in [-0.25, -0.2) is 13.8 Å². The van der Waals surface area contributed by atoms with Crippen LogP contribution in [0.1, 0.15) is 34.0 Å². The summed E-state index contributed by atoms with van der Waals surface area (Å²) in [6, 6.07) is 27.9. The summed E-state index contributed by atoms with van der Waals surface area (Å²) in [5.41, 5.74) is 6.14. The summed E-state index contributed by atoms with van der Waals surface area (Å²) in [5, 5.41) is 4.80. The Hall–Kier alpha value is -3.21. The van der Waals surface area contributed by atoms with E-state index in [0.29, 0.717) is 16.3 Å². The third-order valence-corrected chi connectivity index (χ3v) is 8.60. The van der Waals surface area contributed by atoms with E-state index in [1.807, 2.05) is 31.2 Å². The molecule has 0 fully saturated rings. The van der Waals surface area contributed by atoms with Gasteiger partial charge in [-0.3, -0.25) is 9.10 Å². The SMILES string of the molecule is C/C(=N\NC(=O)c1ccccc1N(Cc1ccc(Cl)cc1)S(=O)(=O)c1ccc(C)cc1)c1ccc(I)cc1. The first-order valence-corrected chi connectivity index (χ1v) is 14.6. The lowest BCUT2D eigenvalue weighted by molar-refractivity contribution is 0.0955. The van der Waals surface area contributed by atoms with Gasteiger partial charge in [-0.05, 0) is 96.1 Å². The van der Waals surface area contributed by atoms with Gasteiger partial charge in [0.15, 0.2) is 0 Å². The van der Waals surface area contributed by atoms with Gasteiger partial charge in [0.05, 0.1) is 28.4 Å². The van der Waals surface area contributed by atoms with Crippen molar-refractivity contribution in [1.82, 2.24) is 5.43 Å². The van der Waals surface area contributed by atoms with Crippen LogP contribution in [0.3, 0.4) is 0 Å². The fourth-order valence-electron chi connectivity index (χ4n) is 3.73. The minimum Gasteiger partial charge on any atom is -0.267 e. The number of hydrogen-bond donors (Lipinski definition) is 1. The Morgan fingerprint density at radius 1 is 0.921 bits per heavy atom. The molecule has 0 radical (unpaired) electrons. The number of halogens is 2. The van der Waals surface area contributed by atoms with E-state index >= 15 is 0 Å². The van der Waals surface area contributed by atoms with Gasteiger partial charge in [-0.1, -0.05) is 65.7 Å². The topological polar surface area (TPSA) is 78.8 Å². The van der Waals surface area contributed by atoms with E-state index in [1.165, 1.54) is 4.31 Å². The quantitative estimate of drug-likeness (QED) is 0.129. The Balaban J connectivity index is 1.73. The molecule has 0 saturated carbocycles. The maximum atomic E-state index is 13.9. The van der Waals surface area contributed by atoms with Crippen LogP contribution in [0, 0.1) is 10.5 Å². The summed E-state index contributed by atoms with van der Waals surface area (Å²) in [5.74, 6) is -0.523. The van der Waals surface area contributed by atoms with Gasteiger partial charge in [0, 0.05) is 8.59 Å². The summed E-state index contributed by atoms with van der Waals surface area (Å²) in [7, 11) is -4.03. The van der Waals surface area contributed by atoms with Crippen molar-refractivity contribution in [2.45, 2.75) is 25.3 Å². The lowest BCUT2D eigenvalue weighted by Crippen LogP contribution is -2.33. The molecular weight excluding hydrogens is 633 g/mol. The number of para-hydroxylation sites is 1. The molecule has 0 aliphatic heterocycles. The molecule has 0 unspecified atom stereocenters. The second kappa shape index (κ2) is 12.1. The molecule has 4 aromatic carbocycles. The fourth-order valence-corrected chi connectivity index (χ4v) is 5.68. The zero-order valence-corrected chi connectivity index (χ0v) is 24.5. The molecule has 4 aromatic rings. The average molecular weight is 658 g/mol. The molecule has 6 nitrogen and oxygen atoms in total. The number of carbonyl (C=O) groups excluding carboxylic acids is 1. The average Bonchev–Trinajstić information content (AvgIpc) is 2.92. The molecule has 0 heterocycles. The largest absolute Gasteiger partial charge is 0.273 e. The molecule has 0 saturated heterocycles. The molecule has 38 heavy (non-hydrogen) atoms. The van der Waals surface area contributed by atoms with Crippen LogP contribution in [-0.4, -0.2) is 20.0 Å². The van der Waals surface area contributed by atoms with Crippen LogP contribution >= 0.6 is 34.2 Å². The zero-order valence-electron chi connectivity index (χ0n) is 20.7. The Morgan fingerprint density at radius 3 is 2.21 bits per heavy atom. The van der Waals surface area contributed by atoms with Gasteiger partial charge < -0.3 is 0 Å². The van der Waals surface area contributed by atoms with Crippen molar-refractivity contribution in [2.24, 2.45) is 5.10 Å². The van der Waals surface area contributed by atoms with Gasteiger partial charge >= 0.3 is 0 Å². The molecule has 194 valence electrons. The maximum Gasteiger partial charge on any atom is 0.273 e. The highest BCUT2D eigenvalue weighted by Gasteiger charge is 2.28. The van der Waals surface area contributed by atoms with E-state index in [-0.39, 0.29) is 22.7 Å². The fraction of sp³-hybridized carbons (Fsp3) is 0.103. The predicted molar refractivity (Wildman–Crippen MR) is 161 cm³/mol. The maximum absolute atomic E-state index is 13.9. The van der Waals surface area contributed by atoms with Crippen LogP contribution in [0.5, 0.6) is 0 Å². The van der Waals surface area contributed by atoms with Gasteiger partial charge in [-0.2, -0.15) is 5.10 Å². The minimum absolute atomic E-state index is 0.00260. The second-order valence-corrected chi connectivity index (χ2v) is 12.2. The first-order chi connectivity index (χ1) is 18.1. The molecule has 0 atom stereocenters. The number of rotatable bonds is 8. The van der Waals surface area contributed by atoms with E-state index in [0.717, 1.165) is 14.7 Å². The summed E-state index contributed by atoms with van der Waals surface area (Å²) < 4.78 is 30.1.